The Bertz CT molecular complexity index is 1330. The first-order valence-electron chi connectivity index (χ1n) is 12.3. The number of amides is 1. The van der Waals surface area contributed by atoms with Crippen LogP contribution in [0.15, 0.2) is 52.4 Å². The van der Waals surface area contributed by atoms with Crippen LogP contribution in [-0.2, 0) is 4.79 Å². The van der Waals surface area contributed by atoms with Crippen molar-refractivity contribution in [2.75, 3.05) is 18.0 Å². The average Bonchev–Trinajstić information content (AvgIpc) is 3.41. The molecular formula is C27H29BrFN5OS. The Morgan fingerprint density at radius 3 is 2.64 bits per heavy atom. The lowest BCUT2D eigenvalue weighted by Gasteiger charge is -2.33. The van der Waals surface area contributed by atoms with Crippen molar-refractivity contribution in [3.8, 4) is 11.4 Å². The predicted molar refractivity (Wildman–Crippen MR) is 147 cm³/mol. The number of anilines is 1. The lowest BCUT2D eigenvalue weighted by atomic mass is 9.90. The molecule has 36 heavy (non-hydrogen) atoms. The highest BCUT2D eigenvalue weighted by Crippen LogP contribution is 2.37. The largest absolute Gasteiger partial charge is 0.356 e. The minimum Gasteiger partial charge on any atom is -0.356 e. The summed E-state index contributed by atoms with van der Waals surface area (Å²) in [7, 11) is 0. The van der Waals surface area contributed by atoms with Gasteiger partial charge in [-0.05, 0) is 79.2 Å². The molecule has 1 aliphatic carbocycles. The third kappa shape index (κ3) is 5.32. The van der Waals surface area contributed by atoms with Crippen molar-refractivity contribution in [3.63, 3.8) is 0 Å². The number of thiophene rings is 1. The predicted octanol–water partition coefficient (Wildman–Crippen LogP) is 6.50. The van der Waals surface area contributed by atoms with Gasteiger partial charge in [-0.25, -0.2) is 14.4 Å². The molecule has 3 aromatic heterocycles. The quantitative estimate of drug-likeness (QED) is 0.279. The smallest absolute Gasteiger partial charge is 0.207 e. The number of hydrogen-bond donors (Lipinski definition) is 1. The molecule has 2 fully saturated rings. The summed E-state index contributed by atoms with van der Waals surface area (Å²) in [4.78, 5) is 24.0. The summed E-state index contributed by atoms with van der Waals surface area (Å²) < 4.78 is 18.1. The van der Waals surface area contributed by atoms with Gasteiger partial charge in [-0.2, -0.15) is 0 Å². The molecule has 1 aromatic carbocycles. The first-order chi connectivity index (χ1) is 17.5. The van der Waals surface area contributed by atoms with Crippen LogP contribution in [0.2, 0.25) is 0 Å². The van der Waals surface area contributed by atoms with Crippen molar-refractivity contribution in [1.29, 1.82) is 0 Å². The molecule has 4 heterocycles. The zero-order valence-corrected chi connectivity index (χ0v) is 22.6. The zero-order chi connectivity index (χ0) is 25.1. The van der Waals surface area contributed by atoms with Gasteiger partial charge in [0.1, 0.15) is 23.0 Å². The monoisotopic (exact) mass is 569 g/mol. The molecule has 1 saturated carbocycles. The van der Waals surface area contributed by atoms with E-state index in [-0.39, 0.29) is 17.9 Å². The number of aryl methyl sites for hydroxylation is 1. The third-order valence-electron chi connectivity index (χ3n) is 6.88. The molecule has 2 aliphatic rings. The van der Waals surface area contributed by atoms with E-state index in [0.717, 1.165) is 62.0 Å². The first-order valence-corrected chi connectivity index (χ1v) is 13.9. The van der Waals surface area contributed by atoms with Crippen LogP contribution >= 0.6 is 27.3 Å². The molecule has 1 aliphatic heterocycles. The molecule has 1 N–H and O–H groups in total. The van der Waals surface area contributed by atoms with E-state index in [2.05, 4.69) is 60.8 Å². The molecule has 1 saturated heterocycles. The number of nitrogens with one attached hydrogen (secondary N) is 1. The number of benzene rings is 1. The number of fused-ring (bicyclic) bond motifs is 1. The molecule has 0 radical (unpaired) electrons. The molecule has 2 unspecified atom stereocenters. The van der Waals surface area contributed by atoms with Crippen LogP contribution in [0.1, 0.15) is 43.0 Å². The highest BCUT2D eigenvalue weighted by Gasteiger charge is 2.28. The minimum absolute atomic E-state index is 0.133. The molecule has 6 rings (SSSR count). The highest BCUT2D eigenvalue weighted by atomic mass is 79.9. The average molecular weight is 571 g/mol. The Hall–Kier alpha value is -2.78. The number of pyridine rings is 1. The maximum Gasteiger partial charge on any atom is 0.207 e. The second kappa shape index (κ2) is 11.1. The van der Waals surface area contributed by atoms with E-state index in [0.29, 0.717) is 11.4 Å². The zero-order valence-electron chi connectivity index (χ0n) is 20.2. The Kier molecular flexibility index (Phi) is 7.67. The molecule has 9 heteroatoms. The van der Waals surface area contributed by atoms with Crippen molar-refractivity contribution in [3.05, 3.63) is 63.1 Å². The van der Waals surface area contributed by atoms with Crippen molar-refractivity contribution in [1.82, 2.24) is 19.9 Å². The fourth-order valence-corrected chi connectivity index (χ4v) is 6.44. The Morgan fingerprint density at radius 1 is 1.17 bits per heavy atom. The number of carbonyl (C=O) groups is 1. The summed E-state index contributed by atoms with van der Waals surface area (Å²) in [6.07, 6.45) is 7.53. The molecule has 4 aromatic rings. The van der Waals surface area contributed by atoms with Crippen LogP contribution in [0.5, 0.6) is 0 Å². The molecule has 0 bridgehead atoms. The standard InChI is InChI=1S/C22H24FN5O.C5H5BrS/c23-18-8-2-1-7-17(18)22-26-19-13-24-21(27-9-4-10-27)12-20(19)28(22)16-6-3-5-15(11-16)25-14-29;1-4-2-3-5(6)7-4/h1-2,7-8,12-16H,3-6,9-11H2,(H,25,29);2-3H,1H3. The maximum atomic E-state index is 14.7. The minimum atomic E-state index is -0.279. The Morgan fingerprint density at radius 2 is 2.00 bits per heavy atom. The lowest BCUT2D eigenvalue weighted by molar-refractivity contribution is -0.110. The number of hydrogen-bond acceptors (Lipinski definition) is 5. The van der Waals surface area contributed by atoms with Gasteiger partial charge in [0.25, 0.3) is 0 Å². The highest BCUT2D eigenvalue weighted by molar-refractivity contribution is 9.11. The van der Waals surface area contributed by atoms with Gasteiger partial charge in [0.2, 0.25) is 6.41 Å². The van der Waals surface area contributed by atoms with Crippen LogP contribution in [0, 0.1) is 12.7 Å². The molecule has 2 atom stereocenters. The van der Waals surface area contributed by atoms with E-state index in [4.69, 9.17) is 4.98 Å². The Balaban J connectivity index is 0.000000330. The van der Waals surface area contributed by atoms with Gasteiger partial charge in [-0.3, -0.25) is 4.79 Å². The number of nitrogens with zero attached hydrogens (tertiary/aromatic N) is 4. The van der Waals surface area contributed by atoms with Crippen LogP contribution in [-0.4, -0.2) is 40.1 Å². The number of aromatic nitrogens is 3. The summed E-state index contributed by atoms with van der Waals surface area (Å²) in [6, 6.07) is 13.3. The number of rotatable bonds is 5. The fourth-order valence-electron chi connectivity index (χ4n) is 4.96. The maximum absolute atomic E-state index is 14.7. The van der Waals surface area contributed by atoms with E-state index in [9.17, 15) is 9.18 Å². The van der Waals surface area contributed by atoms with E-state index in [1.807, 2.05) is 6.07 Å². The van der Waals surface area contributed by atoms with Gasteiger partial charge in [0.15, 0.2) is 0 Å². The van der Waals surface area contributed by atoms with Crippen molar-refractivity contribution in [2.45, 2.75) is 51.1 Å². The van der Waals surface area contributed by atoms with Gasteiger partial charge in [0.05, 0.1) is 21.1 Å². The molecule has 1 amide bonds. The second-order valence-electron chi connectivity index (χ2n) is 9.31. The third-order valence-corrected chi connectivity index (χ3v) is 8.42. The van der Waals surface area contributed by atoms with Crippen molar-refractivity contribution in [2.24, 2.45) is 0 Å². The first kappa shape index (κ1) is 24.9. The van der Waals surface area contributed by atoms with E-state index < -0.39 is 0 Å². The molecule has 188 valence electrons. The summed E-state index contributed by atoms with van der Waals surface area (Å²) in [5.74, 6) is 1.30. The topological polar surface area (TPSA) is 63.1 Å². The van der Waals surface area contributed by atoms with Crippen LogP contribution < -0.4 is 10.2 Å². The Labute approximate surface area is 222 Å². The van der Waals surface area contributed by atoms with Gasteiger partial charge >= 0.3 is 0 Å². The molecule has 6 nitrogen and oxygen atoms in total. The van der Waals surface area contributed by atoms with Crippen LogP contribution in [0.25, 0.3) is 22.4 Å². The summed E-state index contributed by atoms with van der Waals surface area (Å²) >= 11 is 5.11. The van der Waals surface area contributed by atoms with Gasteiger partial charge in [-0.1, -0.05) is 12.1 Å². The lowest BCUT2D eigenvalue weighted by Crippen LogP contribution is -2.37. The number of carbonyl (C=O) groups excluding carboxylic acids is 1. The number of halogens is 2. The van der Waals surface area contributed by atoms with Crippen LogP contribution in [0.4, 0.5) is 10.2 Å². The SMILES string of the molecule is Cc1ccc(Br)s1.O=CNC1CCCC(n2c(-c3ccccc3F)nc3cnc(N4CCC4)cc32)C1. The van der Waals surface area contributed by atoms with E-state index in [1.165, 1.54) is 21.2 Å². The summed E-state index contributed by atoms with van der Waals surface area (Å²) in [5, 5.41) is 2.93. The molecular weight excluding hydrogens is 541 g/mol. The number of imidazole rings is 1. The van der Waals surface area contributed by atoms with Gasteiger partial charge < -0.3 is 14.8 Å². The summed E-state index contributed by atoms with van der Waals surface area (Å²) in [5.41, 5.74) is 2.26. The van der Waals surface area contributed by atoms with Gasteiger partial charge in [-0.15, -0.1) is 11.3 Å². The van der Waals surface area contributed by atoms with E-state index >= 15 is 0 Å². The normalized spacial score (nSPS) is 19.4. The summed E-state index contributed by atoms with van der Waals surface area (Å²) in [6.45, 7) is 4.12. The molecule has 0 spiro atoms. The second-order valence-corrected chi connectivity index (χ2v) is 12.0. The van der Waals surface area contributed by atoms with Crippen molar-refractivity contribution < 1.29 is 9.18 Å². The van der Waals surface area contributed by atoms with Gasteiger partial charge in [0, 0.05) is 36.1 Å². The van der Waals surface area contributed by atoms with Crippen LogP contribution in [0.3, 0.4) is 0 Å². The fraction of sp³-hybridized carbons (Fsp3) is 0.370. The van der Waals surface area contributed by atoms with Crippen molar-refractivity contribution >= 4 is 50.5 Å². The van der Waals surface area contributed by atoms with E-state index in [1.54, 1.807) is 29.7 Å².